The maximum Gasteiger partial charge on any atom is 0.293 e. The smallest absolute Gasteiger partial charge is 0.293 e. The van der Waals surface area contributed by atoms with Crippen molar-refractivity contribution < 1.29 is 14.5 Å². The summed E-state index contributed by atoms with van der Waals surface area (Å²) < 4.78 is 7.16. The van der Waals surface area contributed by atoms with E-state index in [0.29, 0.717) is 43.2 Å². The standard InChI is InChI=1S/C27H25N5O5S/c28-18-21(25(33)30-12-14-37-15-13-30)27-31(20-6-2-1-3-7-20)26(34)24(38-27)17-19-8-9-22(23(16-19)32(35)36)29-10-4-5-11-29/h1-3,6-9,16-17H,4-5,10-15H2/b24-17+,27-21+. The molecule has 0 unspecified atom stereocenters. The Labute approximate surface area is 222 Å². The van der Waals surface area contributed by atoms with E-state index in [0.717, 1.165) is 37.3 Å². The number of aromatic nitrogens is 1. The second-order valence-corrected chi connectivity index (χ2v) is 10.0. The number of carbonyl (C=O) groups is 1. The Balaban J connectivity index is 1.69. The lowest BCUT2D eigenvalue weighted by Gasteiger charge is -2.26. The van der Waals surface area contributed by atoms with E-state index in [1.54, 1.807) is 47.4 Å². The van der Waals surface area contributed by atoms with Crippen LogP contribution in [0.25, 0.3) is 17.3 Å². The van der Waals surface area contributed by atoms with Gasteiger partial charge in [-0.05, 0) is 42.7 Å². The summed E-state index contributed by atoms with van der Waals surface area (Å²) in [6.45, 7) is 3.01. The number of amides is 1. The average Bonchev–Trinajstić information content (AvgIpc) is 3.59. The molecule has 2 saturated heterocycles. The number of anilines is 1. The van der Waals surface area contributed by atoms with Crippen molar-refractivity contribution in [1.29, 1.82) is 5.26 Å². The molecule has 5 rings (SSSR count). The van der Waals surface area contributed by atoms with Crippen LogP contribution in [0, 0.1) is 21.4 Å². The molecule has 0 aliphatic carbocycles. The summed E-state index contributed by atoms with van der Waals surface area (Å²) in [4.78, 5) is 41.9. The van der Waals surface area contributed by atoms with Crippen molar-refractivity contribution in [3.8, 4) is 11.8 Å². The van der Waals surface area contributed by atoms with Gasteiger partial charge in [-0.1, -0.05) is 24.3 Å². The van der Waals surface area contributed by atoms with Gasteiger partial charge in [0.15, 0.2) is 5.57 Å². The molecule has 0 spiro atoms. The molecule has 2 aliphatic rings. The molecule has 2 aliphatic heterocycles. The summed E-state index contributed by atoms with van der Waals surface area (Å²) >= 11 is 1.02. The van der Waals surface area contributed by atoms with Crippen molar-refractivity contribution in [2.24, 2.45) is 0 Å². The van der Waals surface area contributed by atoms with Crippen LogP contribution in [0.4, 0.5) is 11.4 Å². The summed E-state index contributed by atoms with van der Waals surface area (Å²) in [6, 6.07) is 15.7. The Kier molecular flexibility index (Phi) is 7.35. The molecule has 0 bridgehead atoms. The van der Waals surface area contributed by atoms with Gasteiger partial charge in [0.05, 0.1) is 28.4 Å². The first-order valence-electron chi connectivity index (χ1n) is 12.3. The fraction of sp³-hybridized carbons (Fsp3) is 0.296. The number of nitrogens with zero attached hydrogens (tertiary/aromatic N) is 5. The van der Waals surface area contributed by atoms with Gasteiger partial charge >= 0.3 is 0 Å². The Morgan fingerprint density at radius 2 is 1.79 bits per heavy atom. The highest BCUT2D eigenvalue weighted by Crippen LogP contribution is 2.31. The quantitative estimate of drug-likeness (QED) is 0.363. The number of benzene rings is 2. The zero-order valence-electron chi connectivity index (χ0n) is 20.5. The normalized spacial score (nSPS) is 16.9. The molecule has 2 fully saturated rings. The predicted octanol–water partition coefficient (Wildman–Crippen LogP) is 1.77. The highest BCUT2D eigenvalue weighted by molar-refractivity contribution is 7.07. The summed E-state index contributed by atoms with van der Waals surface area (Å²) in [7, 11) is 0. The number of ether oxygens (including phenoxy) is 1. The van der Waals surface area contributed by atoms with Gasteiger partial charge in [0.2, 0.25) is 0 Å². The van der Waals surface area contributed by atoms with Crippen LogP contribution < -0.4 is 19.7 Å². The minimum absolute atomic E-state index is 0.0208. The molecule has 1 amide bonds. The van der Waals surface area contributed by atoms with Crippen LogP contribution in [0.3, 0.4) is 0 Å². The Morgan fingerprint density at radius 3 is 2.45 bits per heavy atom. The van der Waals surface area contributed by atoms with Crippen molar-refractivity contribution in [2.45, 2.75) is 12.8 Å². The molecule has 0 saturated carbocycles. The maximum atomic E-state index is 13.6. The third kappa shape index (κ3) is 4.96. The summed E-state index contributed by atoms with van der Waals surface area (Å²) in [6.07, 6.45) is 3.55. The lowest BCUT2D eigenvalue weighted by atomic mass is 10.1. The van der Waals surface area contributed by atoms with Gasteiger partial charge in [0, 0.05) is 32.2 Å². The largest absolute Gasteiger partial charge is 0.378 e. The maximum absolute atomic E-state index is 13.6. The van der Waals surface area contributed by atoms with Gasteiger partial charge in [-0.15, -0.1) is 11.3 Å². The number of nitriles is 1. The van der Waals surface area contributed by atoms with Gasteiger partial charge in [0.1, 0.15) is 16.4 Å². The van der Waals surface area contributed by atoms with Gasteiger partial charge in [-0.2, -0.15) is 5.26 Å². The first kappa shape index (κ1) is 25.4. The lowest BCUT2D eigenvalue weighted by Crippen LogP contribution is -2.42. The van der Waals surface area contributed by atoms with E-state index >= 15 is 0 Å². The fourth-order valence-corrected chi connectivity index (χ4v) is 5.82. The zero-order valence-corrected chi connectivity index (χ0v) is 21.4. The molecule has 0 radical (unpaired) electrons. The van der Waals surface area contributed by atoms with Crippen molar-refractivity contribution in [1.82, 2.24) is 9.47 Å². The number of para-hydroxylation sites is 1. The molecular formula is C27H25N5O5S. The first-order valence-corrected chi connectivity index (χ1v) is 13.1. The molecule has 3 aromatic rings. The minimum atomic E-state index is -0.459. The minimum Gasteiger partial charge on any atom is -0.378 e. The fourth-order valence-electron chi connectivity index (χ4n) is 4.73. The van der Waals surface area contributed by atoms with Crippen LogP contribution in [0.15, 0.2) is 53.3 Å². The number of nitro benzene ring substituents is 1. The monoisotopic (exact) mass is 531 g/mol. The summed E-state index contributed by atoms with van der Waals surface area (Å²) in [5, 5.41) is 21.9. The molecule has 0 atom stereocenters. The Morgan fingerprint density at radius 1 is 1.08 bits per heavy atom. The Hall–Kier alpha value is -4.27. The van der Waals surface area contributed by atoms with Crippen LogP contribution in [0.1, 0.15) is 18.4 Å². The molecule has 10 nitrogen and oxygen atoms in total. The van der Waals surface area contributed by atoms with Crippen molar-refractivity contribution in [3.05, 3.63) is 83.8 Å². The van der Waals surface area contributed by atoms with Crippen LogP contribution in [-0.2, 0) is 9.53 Å². The number of morpholine rings is 1. The van der Waals surface area contributed by atoms with E-state index in [4.69, 9.17) is 4.74 Å². The van der Waals surface area contributed by atoms with Gasteiger partial charge in [-0.25, -0.2) is 0 Å². The van der Waals surface area contributed by atoms with E-state index in [1.165, 1.54) is 10.6 Å². The van der Waals surface area contributed by atoms with Crippen LogP contribution in [0.5, 0.6) is 0 Å². The van der Waals surface area contributed by atoms with Crippen LogP contribution in [0.2, 0.25) is 0 Å². The molecular weight excluding hydrogens is 506 g/mol. The molecule has 38 heavy (non-hydrogen) atoms. The third-order valence-electron chi connectivity index (χ3n) is 6.62. The second-order valence-electron chi connectivity index (χ2n) is 8.98. The molecule has 0 N–H and O–H groups in total. The molecule has 194 valence electrons. The van der Waals surface area contributed by atoms with Crippen molar-refractivity contribution >= 4 is 40.3 Å². The number of hydrogen-bond donors (Lipinski definition) is 0. The lowest BCUT2D eigenvalue weighted by molar-refractivity contribution is -0.384. The van der Waals surface area contributed by atoms with E-state index < -0.39 is 16.4 Å². The summed E-state index contributed by atoms with van der Waals surface area (Å²) in [5.74, 6) is -0.459. The number of thiazole rings is 1. The summed E-state index contributed by atoms with van der Waals surface area (Å²) in [5.41, 5.74) is 1.00. The Bertz CT molecular complexity index is 1590. The van der Waals surface area contributed by atoms with Gasteiger partial charge in [0.25, 0.3) is 17.2 Å². The van der Waals surface area contributed by atoms with Crippen LogP contribution in [-0.4, -0.2) is 59.7 Å². The molecule has 3 heterocycles. The molecule has 1 aromatic heterocycles. The third-order valence-corrected chi connectivity index (χ3v) is 7.71. The highest BCUT2D eigenvalue weighted by atomic mass is 32.1. The second kappa shape index (κ2) is 11.0. The van der Waals surface area contributed by atoms with Crippen molar-refractivity contribution in [3.63, 3.8) is 0 Å². The van der Waals surface area contributed by atoms with E-state index in [-0.39, 0.29) is 20.5 Å². The predicted molar refractivity (Wildman–Crippen MR) is 144 cm³/mol. The SMILES string of the molecule is N#C/C(C(=O)N1CCOCC1)=c1\s/c(=C/c2ccc(N3CCCC3)c([N+](=O)[O-])c2)c(=O)n1-c1ccccc1. The average molecular weight is 532 g/mol. The molecule has 2 aromatic carbocycles. The van der Waals surface area contributed by atoms with Gasteiger partial charge in [-0.3, -0.25) is 24.3 Å². The highest BCUT2D eigenvalue weighted by Gasteiger charge is 2.25. The first-order chi connectivity index (χ1) is 18.5. The van der Waals surface area contributed by atoms with E-state index in [2.05, 4.69) is 0 Å². The number of carbonyl (C=O) groups excluding carboxylic acids is 1. The van der Waals surface area contributed by atoms with Crippen molar-refractivity contribution in [2.75, 3.05) is 44.3 Å². The number of nitro groups is 1. The van der Waals surface area contributed by atoms with E-state index in [9.17, 15) is 25.0 Å². The zero-order chi connectivity index (χ0) is 26.6. The number of rotatable bonds is 5. The number of hydrogen-bond acceptors (Lipinski definition) is 8. The topological polar surface area (TPSA) is 122 Å². The van der Waals surface area contributed by atoms with Gasteiger partial charge < -0.3 is 14.5 Å². The molecule has 11 heteroatoms. The van der Waals surface area contributed by atoms with Crippen LogP contribution >= 0.6 is 11.3 Å². The van der Waals surface area contributed by atoms with E-state index in [1.807, 2.05) is 17.0 Å².